The summed E-state index contributed by atoms with van der Waals surface area (Å²) in [6, 6.07) is 5.60. The molecular weight excluding hydrogens is 356 g/mol. The highest BCUT2D eigenvalue weighted by Gasteiger charge is 2.25. The number of rotatable bonds is 10. The van der Waals surface area contributed by atoms with E-state index in [9.17, 15) is 4.79 Å². The van der Waals surface area contributed by atoms with Crippen molar-refractivity contribution in [1.82, 2.24) is 0 Å². The van der Waals surface area contributed by atoms with Crippen LogP contribution < -0.4 is 14.2 Å². The van der Waals surface area contributed by atoms with Crippen LogP contribution in [0.1, 0.15) is 6.92 Å². The maximum atomic E-state index is 9.60. The minimum atomic E-state index is -0.935. The Morgan fingerprint density at radius 3 is 1.37 bits per heavy atom. The van der Waals surface area contributed by atoms with Crippen molar-refractivity contribution in [3.8, 4) is 17.2 Å². The predicted octanol–water partition coefficient (Wildman–Crippen LogP) is 1.67. The number of hydrogen-bond acceptors (Lipinski definition) is 7. The monoisotopic (exact) mass is 380 g/mol. The zero-order chi connectivity index (χ0) is 19.2. The molecule has 0 radical (unpaired) electrons. The fourth-order valence-corrected chi connectivity index (χ4v) is 1.86. The second-order valence-corrected chi connectivity index (χ2v) is 6.52. The molecule has 3 atom stereocenters. The van der Waals surface area contributed by atoms with E-state index in [0.717, 1.165) is 37.1 Å². The number of ether oxygens (including phenoxy) is 6. The van der Waals surface area contributed by atoms with Crippen molar-refractivity contribution in [3.63, 3.8) is 0 Å². The van der Waals surface area contributed by atoms with Gasteiger partial charge in [-0.3, -0.25) is 0 Å². The van der Waals surface area contributed by atoms with Gasteiger partial charge in [-0.15, -0.1) is 0 Å². The van der Waals surface area contributed by atoms with Gasteiger partial charge in [-0.1, -0.05) is 6.58 Å². The third-order valence-electron chi connectivity index (χ3n) is 3.73. The molecular formula is C19H24O8. The topological polar surface area (TPSA) is 103 Å². The molecule has 0 amide bonds. The average molecular weight is 380 g/mol. The zero-order valence-corrected chi connectivity index (χ0v) is 15.2. The molecule has 0 spiro atoms. The van der Waals surface area contributed by atoms with Crippen LogP contribution in [-0.2, 0) is 19.0 Å². The van der Waals surface area contributed by atoms with Gasteiger partial charge < -0.3 is 33.5 Å². The smallest absolute Gasteiger partial charge is 0.330 e. The summed E-state index contributed by atoms with van der Waals surface area (Å²) in [5, 5.41) is 7.89. The molecule has 3 aliphatic heterocycles. The zero-order valence-electron chi connectivity index (χ0n) is 15.2. The van der Waals surface area contributed by atoms with Crippen molar-refractivity contribution in [3.05, 3.63) is 30.4 Å². The van der Waals surface area contributed by atoms with Gasteiger partial charge >= 0.3 is 5.97 Å². The van der Waals surface area contributed by atoms with E-state index in [1.54, 1.807) is 0 Å². The second-order valence-electron chi connectivity index (χ2n) is 6.52. The van der Waals surface area contributed by atoms with Crippen LogP contribution in [0.3, 0.4) is 0 Å². The summed E-state index contributed by atoms with van der Waals surface area (Å²) in [6.07, 6.45) is 0.663. The van der Waals surface area contributed by atoms with E-state index in [0.29, 0.717) is 19.8 Å². The molecule has 1 aromatic carbocycles. The quantitative estimate of drug-likeness (QED) is 0.483. The number of carbonyl (C=O) groups is 1. The Kier molecular flexibility index (Phi) is 6.54. The number of aliphatic carboxylic acids is 1. The summed E-state index contributed by atoms with van der Waals surface area (Å²) in [4.78, 5) is 9.60. The number of carboxylic acids is 1. The average Bonchev–Trinajstić information content (AvgIpc) is 3.47. The van der Waals surface area contributed by atoms with Crippen LogP contribution in [0, 0.1) is 0 Å². The largest absolute Gasteiger partial charge is 0.491 e. The lowest BCUT2D eigenvalue weighted by Gasteiger charge is -2.12. The number of benzene rings is 1. The van der Waals surface area contributed by atoms with Crippen LogP contribution in [0.15, 0.2) is 30.4 Å². The number of carboxylic acid groups (broad SMARTS) is 1. The first-order valence-corrected chi connectivity index (χ1v) is 8.76. The molecule has 0 bridgehead atoms. The number of epoxide rings is 3. The van der Waals surface area contributed by atoms with Crippen LogP contribution in [-0.4, -0.2) is 69.0 Å². The Morgan fingerprint density at radius 1 is 0.926 bits per heavy atom. The summed E-state index contributed by atoms with van der Waals surface area (Å²) in [6.45, 7) is 8.60. The molecule has 0 aromatic heterocycles. The van der Waals surface area contributed by atoms with Crippen molar-refractivity contribution in [2.24, 2.45) is 0 Å². The molecule has 3 aliphatic rings. The summed E-state index contributed by atoms with van der Waals surface area (Å²) < 4.78 is 32.6. The van der Waals surface area contributed by atoms with Crippen LogP contribution in [0.4, 0.5) is 0 Å². The highest BCUT2D eigenvalue weighted by Crippen LogP contribution is 2.30. The Bertz CT molecular complexity index is 566. The lowest BCUT2D eigenvalue weighted by Crippen LogP contribution is -2.08. The molecule has 3 saturated heterocycles. The highest BCUT2D eigenvalue weighted by molar-refractivity contribution is 5.84. The van der Waals surface area contributed by atoms with Gasteiger partial charge in [-0.25, -0.2) is 4.79 Å². The minimum Gasteiger partial charge on any atom is -0.491 e. The molecule has 3 heterocycles. The molecule has 27 heavy (non-hydrogen) atoms. The van der Waals surface area contributed by atoms with Gasteiger partial charge in [-0.05, 0) is 6.92 Å². The van der Waals surface area contributed by atoms with Gasteiger partial charge in [-0.2, -0.15) is 0 Å². The van der Waals surface area contributed by atoms with Gasteiger partial charge in [0.25, 0.3) is 0 Å². The molecule has 3 unspecified atom stereocenters. The van der Waals surface area contributed by atoms with Gasteiger partial charge in [0.15, 0.2) is 0 Å². The summed E-state index contributed by atoms with van der Waals surface area (Å²) in [5.41, 5.74) is 0.176. The van der Waals surface area contributed by atoms with Gasteiger partial charge in [0.1, 0.15) is 55.4 Å². The van der Waals surface area contributed by atoms with E-state index < -0.39 is 5.97 Å². The maximum Gasteiger partial charge on any atom is 0.330 e. The van der Waals surface area contributed by atoms with Crippen LogP contribution >= 0.6 is 0 Å². The first-order chi connectivity index (χ1) is 13.0. The van der Waals surface area contributed by atoms with Crippen molar-refractivity contribution in [2.75, 3.05) is 39.6 Å². The predicted molar refractivity (Wildman–Crippen MR) is 94.6 cm³/mol. The Morgan fingerprint density at radius 2 is 1.19 bits per heavy atom. The molecule has 1 N–H and O–H groups in total. The van der Waals surface area contributed by atoms with E-state index in [-0.39, 0.29) is 23.9 Å². The fourth-order valence-electron chi connectivity index (χ4n) is 1.86. The van der Waals surface area contributed by atoms with E-state index in [1.165, 1.54) is 6.92 Å². The summed E-state index contributed by atoms with van der Waals surface area (Å²) in [5.74, 6) is 1.25. The van der Waals surface area contributed by atoms with Gasteiger partial charge in [0.05, 0.1) is 19.8 Å². The number of hydrogen-bond donors (Lipinski definition) is 1. The Balaban J connectivity index is 0.000000307. The van der Waals surface area contributed by atoms with E-state index in [2.05, 4.69) is 6.58 Å². The van der Waals surface area contributed by atoms with Crippen molar-refractivity contribution >= 4 is 5.97 Å². The van der Waals surface area contributed by atoms with Gasteiger partial charge in [0.2, 0.25) is 0 Å². The lowest BCUT2D eigenvalue weighted by atomic mass is 10.3. The third kappa shape index (κ3) is 7.86. The molecule has 4 rings (SSSR count). The van der Waals surface area contributed by atoms with Crippen LogP contribution in [0.5, 0.6) is 17.2 Å². The molecule has 0 aliphatic carbocycles. The molecule has 148 valence electrons. The Hall–Kier alpha value is -2.29. The SMILES string of the molecule is C=C(C)C(=O)O.c1c(OCC2CO2)cc(OCC2CO2)cc1OCC1CO1. The Labute approximate surface area is 157 Å². The fraction of sp³-hybridized carbons (Fsp3) is 0.526. The van der Waals surface area contributed by atoms with Crippen molar-refractivity contribution < 1.29 is 38.3 Å². The van der Waals surface area contributed by atoms with Crippen molar-refractivity contribution in [1.29, 1.82) is 0 Å². The normalized spacial score (nSPS) is 24.1. The van der Waals surface area contributed by atoms with E-state index in [1.807, 2.05) is 18.2 Å². The molecule has 8 nitrogen and oxygen atoms in total. The van der Waals surface area contributed by atoms with Crippen LogP contribution in [0.2, 0.25) is 0 Å². The van der Waals surface area contributed by atoms with E-state index in [4.69, 9.17) is 33.5 Å². The summed E-state index contributed by atoms with van der Waals surface area (Å²) in [7, 11) is 0. The van der Waals surface area contributed by atoms with Crippen molar-refractivity contribution in [2.45, 2.75) is 25.2 Å². The highest BCUT2D eigenvalue weighted by atomic mass is 16.6. The lowest BCUT2D eigenvalue weighted by molar-refractivity contribution is -0.132. The summed E-state index contributed by atoms with van der Waals surface area (Å²) >= 11 is 0. The molecule has 0 saturated carbocycles. The first-order valence-electron chi connectivity index (χ1n) is 8.76. The minimum absolute atomic E-state index is 0.176. The molecule has 3 fully saturated rings. The third-order valence-corrected chi connectivity index (χ3v) is 3.73. The molecule has 8 heteroatoms. The molecule has 1 aromatic rings. The van der Waals surface area contributed by atoms with Gasteiger partial charge in [0, 0.05) is 23.8 Å². The maximum absolute atomic E-state index is 9.60. The first kappa shape index (κ1) is 19.5. The second kappa shape index (κ2) is 9.07. The van der Waals surface area contributed by atoms with E-state index >= 15 is 0 Å². The van der Waals surface area contributed by atoms with Crippen LogP contribution in [0.25, 0.3) is 0 Å². The standard InChI is InChI=1S/C15H18O6.C4H6O2/c1-10(16-4-13-7-19-13)2-12(18-6-15-9-21-15)3-11(1)17-5-14-8-20-14;1-3(2)4(5)6/h1-3,13-15H,4-9H2;1H2,2H3,(H,5,6).